The van der Waals surface area contributed by atoms with Crippen LogP contribution in [-0.2, 0) is 0 Å². The Morgan fingerprint density at radius 3 is 2.81 bits per heavy atom. The third-order valence-corrected chi connectivity index (χ3v) is 2.13. The molecular weight excluding hydrogens is 213 g/mol. The molecule has 0 bridgehead atoms. The fourth-order valence-corrected chi connectivity index (χ4v) is 1.16. The van der Waals surface area contributed by atoms with Crippen LogP contribution in [0.15, 0.2) is 18.2 Å². The number of aryl methyl sites for hydroxylation is 1. The van der Waals surface area contributed by atoms with Gasteiger partial charge in [-0.05, 0) is 30.7 Å². The third-order valence-electron chi connectivity index (χ3n) is 2.13. The molecule has 0 aliphatic rings. The van der Waals surface area contributed by atoms with Crippen LogP contribution in [0.5, 0.6) is 0 Å². The van der Waals surface area contributed by atoms with E-state index in [1.54, 1.807) is 6.92 Å². The molecule has 1 aromatic carbocycles. The van der Waals surface area contributed by atoms with E-state index >= 15 is 0 Å². The molecule has 5 heteroatoms. The largest absolute Gasteiger partial charge is 0.394 e. The minimum absolute atomic E-state index is 0.0360. The molecule has 1 atom stereocenters. The number of nitrogens with one attached hydrogen (secondary N) is 1. The molecule has 1 aromatic rings. The molecule has 0 saturated carbocycles. The van der Waals surface area contributed by atoms with Gasteiger partial charge < -0.3 is 15.5 Å². The first-order valence-corrected chi connectivity index (χ1v) is 4.88. The smallest absolute Gasteiger partial charge is 0.251 e. The van der Waals surface area contributed by atoms with Gasteiger partial charge >= 0.3 is 0 Å². The van der Waals surface area contributed by atoms with Gasteiger partial charge in [0.15, 0.2) is 0 Å². The van der Waals surface area contributed by atoms with Crippen molar-refractivity contribution in [2.75, 3.05) is 13.2 Å². The molecule has 0 saturated heterocycles. The first-order chi connectivity index (χ1) is 7.54. The van der Waals surface area contributed by atoms with Gasteiger partial charge in [-0.1, -0.05) is 0 Å². The van der Waals surface area contributed by atoms with E-state index in [2.05, 4.69) is 5.32 Å². The minimum atomic E-state index is -0.981. The van der Waals surface area contributed by atoms with Crippen molar-refractivity contribution >= 4 is 5.91 Å². The van der Waals surface area contributed by atoms with Gasteiger partial charge in [0.25, 0.3) is 5.91 Å². The summed E-state index contributed by atoms with van der Waals surface area (Å²) in [5.41, 5.74) is 0.708. The first kappa shape index (κ1) is 12.6. The quantitative estimate of drug-likeness (QED) is 0.689. The van der Waals surface area contributed by atoms with E-state index < -0.39 is 18.6 Å². The number of carbonyl (C=O) groups is 1. The van der Waals surface area contributed by atoms with Crippen molar-refractivity contribution in [3.63, 3.8) is 0 Å². The molecule has 4 nitrogen and oxygen atoms in total. The van der Waals surface area contributed by atoms with Crippen molar-refractivity contribution in [3.8, 4) is 0 Å². The van der Waals surface area contributed by atoms with Gasteiger partial charge in [-0.2, -0.15) is 0 Å². The minimum Gasteiger partial charge on any atom is -0.394 e. The summed E-state index contributed by atoms with van der Waals surface area (Å²) in [6, 6.07) is 4.01. The van der Waals surface area contributed by atoms with Crippen LogP contribution in [0.4, 0.5) is 4.39 Å². The number of benzene rings is 1. The van der Waals surface area contributed by atoms with Crippen molar-refractivity contribution in [2.24, 2.45) is 0 Å². The molecule has 0 aliphatic heterocycles. The van der Waals surface area contributed by atoms with E-state index in [1.807, 2.05) is 0 Å². The highest BCUT2D eigenvalue weighted by Gasteiger charge is 2.09. The topological polar surface area (TPSA) is 69.6 Å². The van der Waals surface area contributed by atoms with Crippen molar-refractivity contribution in [2.45, 2.75) is 13.0 Å². The van der Waals surface area contributed by atoms with Gasteiger partial charge in [0.2, 0.25) is 0 Å². The predicted molar refractivity (Wildman–Crippen MR) is 56.6 cm³/mol. The number of rotatable bonds is 4. The van der Waals surface area contributed by atoms with Gasteiger partial charge in [0.05, 0.1) is 12.7 Å². The van der Waals surface area contributed by atoms with Crippen molar-refractivity contribution < 1.29 is 19.4 Å². The lowest BCUT2D eigenvalue weighted by Gasteiger charge is -2.09. The van der Waals surface area contributed by atoms with Crippen molar-refractivity contribution in [1.82, 2.24) is 5.32 Å². The number of halogens is 1. The highest BCUT2D eigenvalue weighted by molar-refractivity contribution is 5.94. The highest BCUT2D eigenvalue weighted by atomic mass is 19.1. The van der Waals surface area contributed by atoms with Gasteiger partial charge in [0, 0.05) is 12.1 Å². The zero-order valence-electron chi connectivity index (χ0n) is 8.90. The fraction of sp³-hybridized carbons (Fsp3) is 0.364. The maximum Gasteiger partial charge on any atom is 0.251 e. The van der Waals surface area contributed by atoms with Gasteiger partial charge in [0.1, 0.15) is 5.82 Å². The summed E-state index contributed by atoms with van der Waals surface area (Å²) in [5, 5.41) is 20.0. The Morgan fingerprint density at radius 2 is 2.25 bits per heavy atom. The Kier molecular flexibility index (Phi) is 4.39. The Bertz CT molecular complexity index is 381. The third kappa shape index (κ3) is 3.29. The Balaban J connectivity index is 2.63. The molecule has 0 heterocycles. The molecule has 1 amide bonds. The fourth-order valence-electron chi connectivity index (χ4n) is 1.16. The lowest BCUT2D eigenvalue weighted by molar-refractivity contribution is 0.0802. The summed E-state index contributed by atoms with van der Waals surface area (Å²) in [5.74, 6) is -0.775. The number of hydrogen-bond acceptors (Lipinski definition) is 3. The average Bonchev–Trinajstić information content (AvgIpc) is 2.29. The van der Waals surface area contributed by atoms with E-state index in [4.69, 9.17) is 10.2 Å². The zero-order chi connectivity index (χ0) is 12.1. The van der Waals surface area contributed by atoms with E-state index in [-0.39, 0.29) is 12.4 Å². The molecule has 1 rings (SSSR count). The Hall–Kier alpha value is -1.46. The second-order valence-corrected chi connectivity index (χ2v) is 3.51. The molecule has 0 radical (unpaired) electrons. The molecule has 1 unspecified atom stereocenters. The van der Waals surface area contributed by atoms with Crippen molar-refractivity contribution in [1.29, 1.82) is 0 Å². The van der Waals surface area contributed by atoms with Crippen LogP contribution in [0.1, 0.15) is 15.9 Å². The van der Waals surface area contributed by atoms with Crippen LogP contribution in [0.2, 0.25) is 0 Å². The number of aliphatic hydroxyl groups is 2. The summed E-state index contributed by atoms with van der Waals surface area (Å²) in [4.78, 5) is 11.5. The van der Waals surface area contributed by atoms with Crippen molar-refractivity contribution in [3.05, 3.63) is 35.1 Å². The maximum absolute atomic E-state index is 12.9. The van der Waals surface area contributed by atoms with Crippen LogP contribution in [-0.4, -0.2) is 35.4 Å². The molecule has 3 N–H and O–H groups in total. The van der Waals surface area contributed by atoms with E-state index in [0.717, 1.165) is 0 Å². The summed E-state index contributed by atoms with van der Waals surface area (Å²) in [7, 11) is 0. The molecule has 0 aliphatic carbocycles. The predicted octanol–water partition coefficient (Wildman–Crippen LogP) is 0.217. The molecule has 0 fully saturated rings. The number of aliphatic hydroxyl groups excluding tert-OH is 2. The summed E-state index contributed by atoms with van der Waals surface area (Å²) in [6.45, 7) is 1.11. The van der Waals surface area contributed by atoms with Crippen LogP contribution >= 0.6 is 0 Å². The standard InChI is InChI=1S/C11H14FNO3/c1-7-4-8(2-3-10(7)12)11(16)13-5-9(15)6-14/h2-4,9,14-15H,5-6H2,1H3,(H,13,16). The number of hydrogen-bond donors (Lipinski definition) is 3. The van der Waals surface area contributed by atoms with E-state index in [9.17, 15) is 9.18 Å². The Morgan fingerprint density at radius 1 is 1.56 bits per heavy atom. The number of amides is 1. The zero-order valence-corrected chi connectivity index (χ0v) is 8.90. The summed E-state index contributed by atoms with van der Waals surface area (Å²) in [6.07, 6.45) is -0.981. The van der Waals surface area contributed by atoms with Crippen LogP contribution < -0.4 is 5.32 Å². The summed E-state index contributed by atoms with van der Waals surface area (Å²) < 4.78 is 12.9. The lowest BCUT2D eigenvalue weighted by Crippen LogP contribution is -2.33. The number of carbonyl (C=O) groups excluding carboxylic acids is 1. The molecule has 88 valence electrons. The highest BCUT2D eigenvalue weighted by Crippen LogP contribution is 2.08. The van der Waals surface area contributed by atoms with E-state index in [1.165, 1.54) is 18.2 Å². The molecule has 0 spiro atoms. The second-order valence-electron chi connectivity index (χ2n) is 3.51. The van der Waals surface area contributed by atoms with Gasteiger partial charge in [-0.3, -0.25) is 4.79 Å². The second kappa shape index (κ2) is 5.58. The van der Waals surface area contributed by atoms with Crippen LogP contribution in [0.25, 0.3) is 0 Å². The Labute approximate surface area is 92.7 Å². The molecule has 16 heavy (non-hydrogen) atoms. The normalized spacial score (nSPS) is 12.2. The maximum atomic E-state index is 12.9. The SMILES string of the molecule is Cc1cc(C(=O)NCC(O)CO)ccc1F. The summed E-state index contributed by atoms with van der Waals surface area (Å²) >= 11 is 0. The average molecular weight is 227 g/mol. The van der Waals surface area contributed by atoms with Gasteiger partial charge in [-0.15, -0.1) is 0 Å². The lowest BCUT2D eigenvalue weighted by atomic mass is 10.1. The monoisotopic (exact) mass is 227 g/mol. The van der Waals surface area contributed by atoms with E-state index in [0.29, 0.717) is 11.1 Å². The first-order valence-electron chi connectivity index (χ1n) is 4.88. The van der Waals surface area contributed by atoms with Crippen LogP contribution in [0, 0.1) is 12.7 Å². The van der Waals surface area contributed by atoms with Crippen LogP contribution in [0.3, 0.4) is 0 Å². The molecular formula is C11H14FNO3. The molecule has 0 aromatic heterocycles. The van der Waals surface area contributed by atoms with Gasteiger partial charge in [-0.25, -0.2) is 4.39 Å².